The van der Waals surface area contributed by atoms with Crippen LogP contribution in [0.15, 0.2) is 24.3 Å². The summed E-state index contributed by atoms with van der Waals surface area (Å²) in [6.45, 7) is 14.7. The molecule has 0 aromatic heterocycles. The number of hydrogen-bond donors (Lipinski definition) is 0. The highest BCUT2D eigenvalue weighted by Gasteiger charge is 2.66. The average molecular weight is 441 g/mol. The SMILES string of the molecule is CCCCC1(COCCOC)OOC1(OC)c1cccc(O[Si](C)(C)C(C)(C)C)c1. The van der Waals surface area contributed by atoms with Gasteiger partial charge in [0.25, 0.3) is 5.79 Å². The summed E-state index contributed by atoms with van der Waals surface area (Å²) in [5.41, 5.74) is 0.153. The Labute approximate surface area is 183 Å². The van der Waals surface area contributed by atoms with Crippen molar-refractivity contribution in [1.29, 1.82) is 0 Å². The van der Waals surface area contributed by atoms with E-state index in [1.807, 2.05) is 24.3 Å². The quantitative estimate of drug-likeness (QED) is 0.246. The van der Waals surface area contributed by atoms with Crippen molar-refractivity contribution >= 4 is 8.32 Å². The second-order valence-electron chi connectivity index (χ2n) is 9.52. The second kappa shape index (κ2) is 10.1. The van der Waals surface area contributed by atoms with Crippen LogP contribution in [0.3, 0.4) is 0 Å². The molecule has 1 aromatic rings. The molecule has 0 spiro atoms. The first-order valence-corrected chi connectivity index (χ1v) is 13.8. The zero-order valence-corrected chi connectivity index (χ0v) is 21.0. The van der Waals surface area contributed by atoms with Crippen LogP contribution in [0.4, 0.5) is 0 Å². The van der Waals surface area contributed by atoms with Gasteiger partial charge in [-0.15, -0.1) is 0 Å². The maximum absolute atomic E-state index is 6.52. The number of methoxy groups -OCH3 is 2. The molecule has 6 nitrogen and oxygen atoms in total. The van der Waals surface area contributed by atoms with E-state index < -0.39 is 19.7 Å². The van der Waals surface area contributed by atoms with Crippen molar-refractivity contribution in [3.63, 3.8) is 0 Å². The number of ether oxygens (including phenoxy) is 3. The normalized spacial score (nSPS) is 24.5. The van der Waals surface area contributed by atoms with E-state index in [2.05, 4.69) is 40.8 Å². The Bertz CT molecular complexity index is 670. The first-order chi connectivity index (χ1) is 14.1. The Morgan fingerprint density at radius 1 is 1.07 bits per heavy atom. The third kappa shape index (κ3) is 5.09. The predicted molar refractivity (Wildman–Crippen MR) is 120 cm³/mol. The lowest BCUT2D eigenvalue weighted by atomic mass is 9.81. The fourth-order valence-electron chi connectivity index (χ4n) is 3.34. The van der Waals surface area contributed by atoms with Gasteiger partial charge in [-0.2, -0.15) is 4.89 Å². The van der Waals surface area contributed by atoms with Crippen LogP contribution in [0.1, 0.15) is 52.5 Å². The molecule has 1 fully saturated rings. The van der Waals surface area contributed by atoms with Crippen molar-refractivity contribution < 1.29 is 28.4 Å². The molecule has 0 amide bonds. The first-order valence-electron chi connectivity index (χ1n) is 10.9. The Hall–Kier alpha value is -0.963. The van der Waals surface area contributed by atoms with E-state index in [0.29, 0.717) is 19.8 Å². The van der Waals surface area contributed by atoms with Gasteiger partial charge in [0.15, 0.2) is 5.60 Å². The topological polar surface area (TPSA) is 55.4 Å². The number of rotatable bonds is 12. The Morgan fingerprint density at radius 3 is 2.33 bits per heavy atom. The van der Waals surface area contributed by atoms with Crippen LogP contribution in [-0.2, 0) is 29.8 Å². The van der Waals surface area contributed by atoms with Gasteiger partial charge < -0.3 is 18.6 Å². The van der Waals surface area contributed by atoms with Gasteiger partial charge in [0, 0.05) is 19.8 Å². The minimum absolute atomic E-state index is 0.109. The molecule has 30 heavy (non-hydrogen) atoms. The van der Waals surface area contributed by atoms with E-state index in [1.165, 1.54) is 0 Å². The van der Waals surface area contributed by atoms with E-state index in [-0.39, 0.29) is 5.04 Å². The molecule has 0 N–H and O–H groups in total. The molecule has 2 atom stereocenters. The Balaban J connectivity index is 2.33. The predicted octanol–water partition coefficient (Wildman–Crippen LogP) is 5.42. The highest BCUT2D eigenvalue weighted by molar-refractivity contribution is 6.74. The van der Waals surface area contributed by atoms with Gasteiger partial charge in [0.2, 0.25) is 8.32 Å². The summed E-state index contributed by atoms with van der Waals surface area (Å²) < 4.78 is 23.5. The molecular formula is C23H40O6Si. The number of unbranched alkanes of at least 4 members (excludes halogenated alkanes) is 1. The highest BCUT2D eigenvalue weighted by atomic mass is 28.4. The molecule has 2 rings (SSSR count). The summed E-state index contributed by atoms with van der Waals surface area (Å²) in [5, 5.41) is 0.109. The molecule has 1 heterocycles. The molecule has 0 saturated carbocycles. The van der Waals surface area contributed by atoms with Crippen molar-refractivity contribution in [3.8, 4) is 5.75 Å². The highest BCUT2D eigenvalue weighted by Crippen LogP contribution is 2.52. The number of hydrogen-bond acceptors (Lipinski definition) is 6. The first kappa shape index (κ1) is 25.3. The number of benzene rings is 1. The molecule has 1 aromatic carbocycles. The van der Waals surface area contributed by atoms with Gasteiger partial charge in [0.1, 0.15) is 5.75 Å². The maximum atomic E-state index is 6.52. The van der Waals surface area contributed by atoms with Crippen LogP contribution >= 0.6 is 0 Å². The molecule has 0 aliphatic carbocycles. The van der Waals surface area contributed by atoms with Gasteiger partial charge in [0.05, 0.1) is 19.8 Å². The fourth-order valence-corrected chi connectivity index (χ4v) is 4.36. The van der Waals surface area contributed by atoms with Crippen molar-refractivity contribution in [1.82, 2.24) is 0 Å². The van der Waals surface area contributed by atoms with Crippen LogP contribution < -0.4 is 4.43 Å². The van der Waals surface area contributed by atoms with E-state index in [9.17, 15) is 0 Å². The van der Waals surface area contributed by atoms with Crippen molar-refractivity contribution in [3.05, 3.63) is 29.8 Å². The van der Waals surface area contributed by atoms with Crippen LogP contribution in [0, 0.1) is 0 Å². The third-order valence-electron chi connectivity index (χ3n) is 6.30. The standard InChI is InChI=1S/C23H40O6Si/c1-9-10-14-22(18-26-16-15-24-5)23(25-6,29-28-22)19-12-11-13-20(17-19)27-30(7,8)21(2,3)4/h11-13,17H,9-10,14-16,18H2,1-8H3. The third-order valence-corrected chi connectivity index (χ3v) is 10.7. The largest absolute Gasteiger partial charge is 0.543 e. The summed E-state index contributed by atoms with van der Waals surface area (Å²) in [6.07, 6.45) is 2.78. The smallest absolute Gasteiger partial charge is 0.262 e. The molecule has 1 saturated heterocycles. The zero-order chi connectivity index (χ0) is 22.5. The van der Waals surface area contributed by atoms with Crippen LogP contribution in [0.2, 0.25) is 18.1 Å². The van der Waals surface area contributed by atoms with Gasteiger partial charge >= 0.3 is 0 Å². The molecule has 1 aliphatic heterocycles. The van der Waals surface area contributed by atoms with E-state index in [0.717, 1.165) is 30.6 Å². The van der Waals surface area contributed by atoms with E-state index in [4.69, 9.17) is 28.4 Å². The summed E-state index contributed by atoms with van der Waals surface area (Å²) in [7, 11) is 1.34. The summed E-state index contributed by atoms with van der Waals surface area (Å²) in [5.74, 6) is -0.210. The Morgan fingerprint density at radius 2 is 1.80 bits per heavy atom. The van der Waals surface area contributed by atoms with E-state index >= 15 is 0 Å². The van der Waals surface area contributed by atoms with Crippen molar-refractivity contribution in [2.75, 3.05) is 34.0 Å². The van der Waals surface area contributed by atoms with Gasteiger partial charge in [-0.1, -0.05) is 52.7 Å². The summed E-state index contributed by atoms with van der Waals surface area (Å²) in [6, 6.07) is 8.00. The second-order valence-corrected chi connectivity index (χ2v) is 14.2. The zero-order valence-electron chi connectivity index (χ0n) is 20.0. The lowest BCUT2D eigenvalue weighted by Crippen LogP contribution is -2.68. The van der Waals surface area contributed by atoms with Crippen molar-refractivity contribution in [2.45, 2.75) is 76.5 Å². The lowest BCUT2D eigenvalue weighted by Gasteiger charge is -2.54. The molecule has 172 valence electrons. The summed E-state index contributed by atoms with van der Waals surface area (Å²) in [4.78, 5) is 11.4. The molecule has 7 heteroatoms. The van der Waals surface area contributed by atoms with Crippen LogP contribution in [0.25, 0.3) is 0 Å². The average Bonchev–Trinajstić information content (AvgIpc) is 2.66. The molecule has 0 bridgehead atoms. The van der Waals surface area contributed by atoms with Gasteiger partial charge in [-0.25, -0.2) is 4.89 Å². The van der Waals surface area contributed by atoms with Gasteiger partial charge in [-0.05, 0) is 36.7 Å². The van der Waals surface area contributed by atoms with Crippen LogP contribution in [0.5, 0.6) is 5.75 Å². The molecular weight excluding hydrogens is 400 g/mol. The van der Waals surface area contributed by atoms with Crippen molar-refractivity contribution in [2.24, 2.45) is 0 Å². The molecule has 2 unspecified atom stereocenters. The van der Waals surface area contributed by atoms with Gasteiger partial charge in [-0.3, -0.25) is 0 Å². The monoisotopic (exact) mass is 440 g/mol. The molecule has 0 radical (unpaired) electrons. The fraction of sp³-hybridized carbons (Fsp3) is 0.739. The Kier molecular flexibility index (Phi) is 8.52. The molecule has 1 aliphatic rings. The minimum Gasteiger partial charge on any atom is -0.543 e. The maximum Gasteiger partial charge on any atom is 0.262 e. The lowest BCUT2D eigenvalue weighted by molar-refractivity contribution is -0.623. The van der Waals surface area contributed by atoms with E-state index in [1.54, 1.807) is 14.2 Å². The minimum atomic E-state index is -1.97. The summed E-state index contributed by atoms with van der Waals surface area (Å²) >= 11 is 0. The van der Waals surface area contributed by atoms with Crippen LogP contribution in [-0.4, -0.2) is 48.0 Å².